The Morgan fingerprint density at radius 1 is 0.824 bits per heavy atom. The Balaban J connectivity index is 1.63. The zero-order valence-electron chi connectivity index (χ0n) is 18.3. The minimum Gasteiger partial charge on any atom is -0.321 e. The van der Waals surface area contributed by atoms with Crippen LogP contribution in [0.1, 0.15) is 21.6 Å². The van der Waals surface area contributed by atoms with Crippen molar-refractivity contribution in [2.24, 2.45) is 0 Å². The van der Waals surface area contributed by atoms with Crippen molar-refractivity contribution >= 4 is 55.9 Å². The van der Waals surface area contributed by atoms with Crippen molar-refractivity contribution < 1.29 is 18.8 Å². The summed E-state index contributed by atoms with van der Waals surface area (Å²) in [7, 11) is 0. The number of hydrogen-bond acceptors (Lipinski definition) is 3. The molecule has 4 aromatic rings. The molecule has 1 heterocycles. The number of carbonyl (C=O) groups excluding carboxylic acids is 3. The highest BCUT2D eigenvalue weighted by molar-refractivity contribution is 9.10. The number of fused-ring (bicyclic) bond motifs is 1. The SMILES string of the molecule is Cc1ccc(NC(=O)c2cc3cc(Br)ccc3n2NC(=O)C(=O)Nc2cccc(F)c2)cc1C. The molecule has 0 spiro atoms. The molecule has 0 saturated carbocycles. The van der Waals surface area contributed by atoms with Crippen LogP contribution in [0.15, 0.2) is 71.2 Å². The normalized spacial score (nSPS) is 10.7. The molecule has 0 aliphatic rings. The average molecular weight is 523 g/mol. The van der Waals surface area contributed by atoms with Gasteiger partial charge >= 0.3 is 11.8 Å². The highest BCUT2D eigenvalue weighted by atomic mass is 79.9. The number of carbonyl (C=O) groups is 3. The van der Waals surface area contributed by atoms with E-state index in [-0.39, 0.29) is 11.4 Å². The first-order chi connectivity index (χ1) is 16.2. The van der Waals surface area contributed by atoms with Gasteiger partial charge in [-0.25, -0.2) is 9.07 Å². The lowest BCUT2D eigenvalue weighted by Gasteiger charge is -2.13. The number of nitrogens with one attached hydrogen (secondary N) is 3. The second-order valence-corrected chi connectivity index (χ2v) is 8.64. The third-order valence-corrected chi connectivity index (χ3v) is 5.76. The first-order valence-corrected chi connectivity index (χ1v) is 11.1. The van der Waals surface area contributed by atoms with Gasteiger partial charge < -0.3 is 10.6 Å². The second-order valence-electron chi connectivity index (χ2n) is 7.73. The number of aryl methyl sites for hydroxylation is 2. The van der Waals surface area contributed by atoms with Crippen molar-refractivity contribution in [3.05, 3.63) is 93.8 Å². The zero-order chi connectivity index (χ0) is 24.4. The number of anilines is 2. The molecule has 0 saturated heterocycles. The first-order valence-electron chi connectivity index (χ1n) is 10.3. The lowest BCUT2D eigenvalue weighted by Crippen LogP contribution is -2.36. The summed E-state index contributed by atoms with van der Waals surface area (Å²) in [6.07, 6.45) is 0. The lowest BCUT2D eigenvalue weighted by molar-refractivity contribution is -0.133. The standard InChI is InChI=1S/C25H20BrFN4O3/c1-14-6-8-20(10-15(14)2)28-23(32)22-12-16-11-17(26)7-9-21(16)31(22)30-25(34)24(33)29-19-5-3-4-18(27)13-19/h3-13H,1-2H3,(H,28,32)(H,29,33)(H,30,34). The molecular weight excluding hydrogens is 503 g/mol. The molecular formula is C25H20BrFN4O3. The molecule has 0 unspecified atom stereocenters. The molecule has 1 aromatic heterocycles. The Labute approximate surface area is 203 Å². The smallest absolute Gasteiger partial charge is 0.321 e. The fraction of sp³-hybridized carbons (Fsp3) is 0.0800. The van der Waals surface area contributed by atoms with Gasteiger partial charge in [-0.1, -0.05) is 28.1 Å². The molecule has 34 heavy (non-hydrogen) atoms. The lowest BCUT2D eigenvalue weighted by atomic mass is 10.1. The van der Waals surface area contributed by atoms with E-state index in [2.05, 4.69) is 32.0 Å². The summed E-state index contributed by atoms with van der Waals surface area (Å²) in [5.41, 5.74) is 5.95. The van der Waals surface area contributed by atoms with Crippen LogP contribution < -0.4 is 16.1 Å². The monoisotopic (exact) mass is 522 g/mol. The van der Waals surface area contributed by atoms with E-state index >= 15 is 0 Å². The van der Waals surface area contributed by atoms with Crippen LogP contribution in [0.3, 0.4) is 0 Å². The molecule has 9 heteroatoms. The maximum atomic E-state index is 13.4. The first kappa shape index (κ1) is 23.2. The molecule has 0 radical (unpaired) electrons. The van der Waals surface area contributed by atoms with Crippen LogP contribution in [-0.4, -0.2) is 22.4 Å². The summed E-state index contributed by atoms with van der Waals surface area (Å²) >= 11 is 3.40. The molecule has 3 amide bonds. The summed E-state index contributed by atoms with van der Waals surface area (Å²) in [5, 5.41) is 5.84. The molecule has 7 nitrogen and oxygen atoms in total. The number of hydrogen-bond donors (Lipinski definition) is 3. The Hall–Kier alpha value is -3.98. The Morgan fingerprint density at radius 2 is 1.59 bits per heavy atom. The van der Waals surface area contributed by atoms with E-state index in [1.54, 1.807) is 30.3 Å². The van der Waals surface area contributed by atoms with Gasteiger partial charge in [0, 0.05) is 21.2 Å². The minimum absolute atomic E-state index is 0.123. The van der Waals surface area contributed by atoms with Crippen LogP contribution in [-0.2, 0) is 9.59 Å². The van der Waals surface area contributed by atoms with E-state index in [4.69, 9.17) is 0 Å². The number of nitrogens with zero attached hydrogens (tertiary/aromatic N) is 1. The van der Waals surface area contributed by atoms with E-state index in [0.717, 1.165) is 21.7 Å². The van der Waals surface area contributed by atoms with Gasteiger partial charge in [0.05, 0.1) is 5.52 Å². The van der Waals surface area contributed by atoms with Crippen molar-refractivity contribution in [2.75, 3.05) is 16.1 Å². The van der Waals surface area contributed by atoms with Crippen LogP contribution in [0.2, 0.25) is 0 Å². The molecule has 0 bridgehead atoms. The topological polar surface area (TPSA) is 92.2 Å². The van der Waals surface area contributed by atoms with Crippen LogP contribution >= 0.6 is 15.9 Å². The van der Waals surface area contributed by atoms with Crippen LogP contribution in [0, 0.1) is 19.7 Å². The van der Waals surface area contributed by atoms with Gasteiger partial charge in [-0.15, -0.1) is 0 Å². The number of rotatable bonds is 4. The van der Waals surface area contributed by atoms with E-state index in [1.165, 1.54) is 22.9 Å². The molecule has 4 rings (SSSR count). The largest absolute Gasteiger partial charge is 0.328 e. The highest BCUT2D eigenvalue weighted by Gasteiger charge is 2.21. The summed E-state index contributed by atoms with van der Waals surface area (Å²) in [4.78, 5) is 38.2. The molecule has 0 aliphatic carbocycles. The number of benzene rings is 3. The van der Waals surface area contributed by atoms with Crippen molar-refractivity contribution in [1.82, 2.24) is 4.68 Å². The van der Waals surface area contributed by atoms with Crippen molar-refractivity contribution in [3.8, 4) is 0 Å². The Bertz CT molecular complexity index is 1450. The molecule has 0 atom stereocenters. The van der Waals surface area contributed by atoms with Gasteiger partial charge in [0.1, 0.15) is 11.5 Å². The Kier molecular flexibility index (Phi) is 6.47. The number of halogens is 2. The quantitative estimate of drug-likeness (QED) is 0.325. The Morgan fingerprint density at radius 3 is 2.32 bits per heavy atom. The van der Waals surface area contributed by atoms with Gasteiger partial charge in [-0.05, 0) is 79.6 Å². The summed E-state index contributed by atoms with van der Waals surface area (Å²) in [6, 6.07) is 17.6. The van der Waals surface area contributed by atoms with E-state index in [1.807, 2.05) is 26.0 Å². The summed E-state index contributed by atoms with van der Waals surface area (Å²) in [5.74, 6) is -3.05. The highest BCUT2D eigenvalue weighted by Crippen LogP contribution is 2.24. The summed E-state index contributed by atoms with van der Waals surface area (Å²) < 4.78 is 15.4. The predicted octanol–water partition coefficient (Wildman–Crippen LogP) is 5.12. The molecule has 172 valence electrons. The van der Waals surface area contributed by atoms with Gasteiger partial charge in [0.15, 0.2) is 0 Å². The van der Waals surface area contributed by atoms with Gasteiger partial charge in [-0.2, -0.15) is 0 Å². The van der Waals surface area contributed by atoms with E-state index in [0.29, 0.717) is 16.6 Å². The van der Waals surface area contributed by atoms with Gasteiger partial charge in [0.25, 0.3) is 5.91 Å². The molecule has 0 fully saturated rings. The van der Waals surface area contributed by atoms with E-state index < -0.39 is 23.5 Å². The van der Waals surface area contributed by atoms with Crippen molar-refractivity contribution in [2.45, 2.75) is 13.8 Å². The number of aromatic nitrogens is 1. The zero-order valence-corrected chi connectivity index (χ0v) is 19.9. The average Bonchev–Trinajstić information content (AvgIpc) is 3.13. The van der Waals surface area contributed by atoms with Crippen molar-refractivity contribution in [1.29, 1.82) is 0 Å². The number of amides is 3. The molecule has 3 aromatic carbocycles. The van der Waals surface area contributed by atoms with Crippen LogP contribution in [0.25, 0.3) is 10.9 Å². The second kappa shape index (κ2) is 9.48. The predicted molar refractivity (Wildman–Crippen MR) is 133 cm³/mol. The van der Waals surface area contributed by atoms with Gasteiger partial charge in [-0.3, -0.25) is 19.8 Å². The third-order valence-electron chi connectivity index (χ3n) is 5.26. The van der Waals surface area contributed by atoms with Crippen LogP contribution in [0.4, 0.5) is 15.8 Å². The fourth-order valence-electron chi connectivity index (χ4n) is 3.39. The van der Waals surface area contributed by atoms with E-state index in [9.17, 15) is 18.8 Å². The summed E-state index contributed by atoms with van der Waals surface area (Å²) in [6.45, 7) is 3.91. The van der Waals surface area contributed by atoms with Crippen LogP contribution in [0.5, 0.6) is 0 Å². The third kappa shape index (κ3) is 4.99. The molecule has 3 N–H and O–H groups in total. The minimum atomic E-state index is -1.02. The maximum absolute atomic E-state index is 13.4. The van der Waals surface area contributed by atoms with Crippen molar-refractivity contribution in [3.63, 3.8) is 0 Å². The molecule has 0 aliphatic heterocycles. The maximum Gasteiger partial charge on any atom is 0.328 e. The van der Waals surface area contributed by atoms with Gasteiger partial charge in [0.2, 0.25) is 0 Å². The fourth-order valence-corrected chi connectivity index (χ4v) is 3.77.